The Morgan fingerprint density at radius 3 is 2.39 bits per heavy atom. The summed E-state index contributed by atoms with van der Waals surface area (Å²) >= 11 is 5.91. The average molecular weight is 291 g/mol. The van der Waals surface area contributed by atoms with E-state index in [0.29, 0.717) is 5.56 Å². The largest absolute Gasteiger partial charge is 0.350 e. The first-order chi connectivity index (χ1) is 8.19. The van der Waals surface area contributed by atoms with Crippen molar-refractivity contribution in [2.75, 3.05) is 11.0 Å². The molecular formula is C11H15ClN2O3S. The van der Waals surface area contributed by atoms with Gasteiger partial charge >= 0.3 is 0 Å². The number of halogens is 1. The fourth-order valence-corrected chi connectivity index (χ4v) is 2.15. The fourth-order valence-electron chi connectivity index (χ4n) is 1.28. The maximum Gasteiger partial charge on any atom is 0.251 e. The summed E-state index contributed by atoms with van der Waals surface area (Å²) in [6.07, 6.45) is 1.03. The van der Waals surface area contributed by atoms with E-state index in [2.05, 4.69) is 10.0 Å². The molecule has 0 aliphatic heterocycles. The Morgan fingerprint density at radius 1 is 1.33 bits per heavy atom. The second-order valence-electron chi connectivity index (χ2n) is 4.20. The minimum absolute atomic E-state index is 0.0186. The Kier molecular flexibility index (Phi) is 4.59. The number of sulfonamides is 1. The van der Waals surface area contributed by atoms with Gasteiger partial charge in [-0.25, -0.2) is 8.42 Å². The molecule has 1 rings (SSSR count). The van der Waals surface area contributed by atoms with E-state index >= 15 is 0 Å². The van der Waals surface area contributed by atoms with Gasteiger partial charge in [-0.2, -0.15) is 0 Å². The van der Waals surface area contributed by atoms with Crippen LogP contribution in [0.15, 0.2) is 18.2 Å². The summed E-state index contributed by atoms with van der Waals surface area (Å²) in [7, 11) is -3.39. The van der Waals surface area contributed by atoms with Gasteiger partial charge in [-0.3, -0.25) is 9.52 Å². The van der Waals surface area contributed by atoms with Gasteiger partial charge in [0.1, 0.15) is 0 Å². The predicted molar refractivity (Wildman–Crippen MR) is 72.5 cm³/mol. The van der Waals surface area contributed by atoms with Gasteiger partial charge in [-0.05, 0) is 32.0 Å². The smallest absolute Gasteiger partial charge is 0.251 e. The molecule has 0 saturated carbocycles. The zero-order valence-corrected chi connectivity index (χ0v) is 11.9. The third kappa shape index (κ3) is 4.54. The second kappa shape index (κ2) is 5.58. The molecule has 0 atom stereocenters. The minimum atomic E-state index is -3.39. The normalized spacial score (nSPS) is 11.4. The Bertz CT molecular complexity index is 555. The molecule has 1 aromatic rings. The molecule has 5 nitrogen and oxygen atoms in total. The van der Waals surface area contributed by atoms with Gasteiger partial charge in [0.2, 0.25) is 10.0 Å². The maximum atomic E-state index is 11.7. The fraction of sp³-hybridized carbons (Fsp3) is 0.364. The minimum Gasteiger partial charge on any atom is -0.350 e. The topological polar surface area (TPSA) is 75.3 Å². The molecule has 18 heavy (non-hydrogen) atoms. The third-order valence-corrected chi connectivity index (χ3v) is 2.85. The molecule has 0 heterocycles. The summed E-state index contributed by atoms with van der Waals surface area (Å²) in [5.74, 6) is -0.252. The van der Waals surface area contributed by atoms with E-state index in [1.807, 2.05) is 13.8 Å². The number of carbonyl (C=O) groups excluding carboxylic acids is 1. The van der Waals surface area contributed by atoms with Crippen molar-refractivity contribution >= 4 is 33.2 Å². The number of rotatable bonds is 4. The van der Waals surface area contributed by atoms with Crippen molar-refractivity contribution in [1.82, 2.24) is 5.32 Å². The molecule has 0 bridgehead atoms. The van der Waals surface area contributed by atoms with Crippen molar-refractivity contribution in [2.24, 2.45) is 0 Å². The SMILES string of the molecule is CC(C)NC(=O)c1ccc(NS(C)(=O)=O)c(Cl)c1. The molecule has 0 aliphatic rings. The van der Waals surface area contributed by atoms with E-state index < -0.39 is 10.0 Å². The summed E-state index contributed by atoms with van der Waals surface area (Å²) in [6.45, 7) is 3.69. The van der Waals surface area contributed by atoms with Crippen LogP contribution in [0.2, 0.25) is 5.02 Å². The molecular weight excluding hydrogens is 276 g/mol. The van der Waals surface area contributed by atoms with Crippen LogP contribution < -0.4 is 10.0 Å². The number of benzene rings is 1. The van der Waals surface area contributed by atoms with Crippen molar-refractivity contribution < 1.29 is 13.2 Å². The third-order valence-electron chi connectivity index (χ3n) is 1.95. The number of amides is 1. The second-order valence-corrected chi connectivity index (χ2v) is 6.35. The van der Waals surface area contributed by atoms with Crippen molar-refractivity contribution in [3.63, 3.8) is 0 Å². The molecule has 2 N–H and O–H groups in total. The van der Waals surface area contributed by atoms with Crippen molar-refractivity contribution in [3.05, 3.63) is 28.8 Å². The molecule has 0 spiro atoms. The van der Waals surface area contributed by atoms with Gasteiger partial charge in [0.25, 0.3) is 5.91 Å². The first-order valence-electron chi connectivity index (χ1n) is 5.27. The van der Waals surface area contributed by atoms with Gasteiger partial charge < -0.3 is 5.32 Å². The van der Waals surface area contributed by atoms with E-state index in [9.17, 15) is 13.2 Å². The number of carbonyl (C=O) groups is 1. The van der Waals surface area contributed by atoms with Crippen molar-refractivity contribution in [1.29, 1.82) is 0 Å². The zero-order chi connectivity index (χ0) is 13.9. The summed E-state index contributed by atoms with van der Waals surface area (Å²) in [5.41, 5.74) is 0.632. The van der Waals surface area contributed by atoms with Gasteiger partial charge in [0, 0.05) is 11.6 Å². The zero-order valence-electron chi connectivity index (χ0n) is 10.3. The Labute approximate surface area is 112 Å². The predicted octanol–water partition coefficient (Wildman–Crippen LogP) is 1.85. The first kappa shape index (κ1) is 14.8. The lowest BCUT2D eigenvalue weighted by Gasteiger charge is -2.10. The van der Waals surface area contributed by atoms with E-state index in [1.165, 1.54) is 18.2 Å². The Balaban J connectivity index is 2.96. The van der Waals surface area contributed by atoms with Crippen molar-refractivity contribution in [3.8, 4) is 0 Å². The molecule has 1 amide bonds. The van der Waals surface area contributed by atoms with Crippen LogP contribution in [-0.4, -0.2) is 26.6 Å². The van der Waals surface area contributed by atoms with Crippen molar-refractivity contribution in [2.45, 2.75) is 19.9 Å². The summed E-state index contributed by atoms with van der Waals surface area (Å²) in [6, 6.07) is 4.41. The van der Waals surface area contributed by atoms with Crippen LogP contribution in [0.5, 0.6) is 0 Å². The average Bonchev–Trinajstić information content (AvgIpc) is 2.18. The molecule has 0 saturated heterocycles. The molecule has 0 radical (unpaired) electrons. The molecule has 0 unspecified atom stereocenters. The van der Waals surface area contributed by atoms with Gasteiger partial charge in [-0.15, -0.1) is 0 Å². The maximum absolute atomic E-state index is 11.7. The Hall–Kier alpha value is -1.27. The number of hydrogen-bond acceptors (Lipinski definition) is 3. The lowest BCUT2D eigenvalue weighted by atomic mass is 10.2. The summed E-state index contributed by atoms with van der Waals surface area (Å²) in [4.78, 5) is 11.7. The van der Waals surface area contributed by atoms with Gasteiger partial charge in [-0.1, -0.05) is 11.6 Å². The lowest BCUT2D eigenvalue weighted by Crippen LogP contribution is -2.30. The van der Waals surface area contributed by atoms with Gasteiger partial charge in [0.15, 0.2) is 0 Å². The standard InChI is InChI=1S/C11H15ClN2O3S/c1-7(2)13-11(15)8-4-5-10(9(12)6-8)14-18(3,16)17/h4-7,14H,1-3H3,(H,13,15). The van der Waals surface area contributed by atoms with Gasteiger partial charge in [0.05, 0.1) is 17.0 Å². The van der Waals surface area contributed by atoms with Crippen LogP contribution in [0.4, 0.5) is 5.69 Å². The van der Waals surface area contributed by atoms with Crippen LogP contribution in [-0.2, 0) is 10.0 Å². The molecule has 0 fully saturated rings. The molecule has 1 aromatic carbocycles. The molecule has 0 aliphatic carbocycles. The van der Waals surface area contributed by atoms with Crippen LogP contribution in [0.3, 0.4) is 0 Å². The van der Waals surface area contributed by atoms with E-state index in [0.717, 1.165) is 6.26 Å². The van der Waals surface area contributed by atoms with E-state index in [-0.39, 0.29) is 22.7 Å². The number of nitrogens with one attached hydrogen (secondary N) is 2. The highest BCUT2D eigenvalue weighted by molar-refractivity contribution is 7.92. The highest BCUT2D eigenvalue weighted by Gasteiger charge is 2.11. The first-order valence-corrected chi connectivity index (χ1v) is 7.54. The molecule has 7 heteroatoms. The quantitative estimate of drug-likeness (QED) is 0.888. The number of hydrogen-bond donors (Lipinski definition) is 2. The highest BCUT2D eigenvalue weighted by Crippen LogP contribution is 2.23. The summed E-state index contributed by atoms with van der Waals surface area (Å²) < 4.78 is 24.4. The lowest BCUT2D eigenvalue weighted by molar-refractivity contribution is 0.0943. The van der Waals surface area contributed by atoms with Crippen LogP contribution in [0, 0.1) is 0 Å². The molecule has 100 valence electrons. The van der Waals surface area contributed by atoms with Crippen LogP contribution in [0.25, 0.3) is 0 Å². The van der Waals surface area contributed by atoms with Crippen LogP contribution >= 0.6 is 11.6 Å². The Morgan fingerprint density at radius 2 is 1.94 bits per heavy atom. The van der Waals surface area contributed by atoms with E-state index in [1.54, 1.807) is 0 Å². The van der Waals surface area contributed by atoms with Crippen LogP contribution in [0.1, 0.15) is 24.2 Å². The monoisotopic (exact) mass is 290 g/mol. The summed E-state index contributed by atoms with van der Waals surface area (Å²) in [5, 5.41) is 2.90. The number of anilines is 1. The highest BCUT2D eigenvalue weighted by atomic mass is 35.5. The molecule has 0 aromatic heterocycles. The van der Waals surface area contributed by atoms with E-state index in [4.69, 9.17) is 11.6 Å².